The number of benzene rings is 1. The second-order valence-corrected chi connectivity index (χ2v) is 4.11. The predicted molar refractivity (Wildman–Crippen MR) is 63.7 cm³/mol. The summed E-state index contributed by atoms with van der Waals surface area (Å²) in [5.74, 6) is -1.35. The molecule has 2 N–H and O–H groups in total. The highest BCUT2D eigenvalue weighted by molar-refractivity contribution is 5.59. The Balaban J connectivity index is 2.32. The lowest BCUT2D eigenvalue weighted by Gasteiger charge is -2.03. The maximum Gasteiger partial charge on any atom is 0.168 e. The fourth-order valence-electron chi connectivity index (χ4n) is 1.75. The number of halogens is 2. The largest absolute Gasteiger partial charge is 0.359 e. The van der Waals surface area contributed by atoms with Gasteiger partial charge in [-0.15, -0.1) is 0 Å². The van der Waals surface area contributed by atoms with Gasteiger partial charge in [-0.2, -0.15) is 0 Å². The van der Waals surface area contributed by atoms with Crippen molar-refractivity contribution in [3.8, 4) is 11.3 Å². The second kappa shape index (κ2) is 5.27. The fraction of sp³-hybridized carbons (Fsp3) is 0.308. The van der Waals surface area contributed by atoms with E-state index in [9.17, 15) is 8.78 Å². The molecule has 0 aliphatic heterocycles. The van der Waals surface area contributed by atoms with E-state index >= 15 is 0 Å². The molecule has 0 fully saturated rings. The molecule has 1 atom stereocenters. The van der Waals surface area contributed by atoms with Crippen LogP contribution in [0.1, 0.15) is 31.6 Å². The van der Waals surface area contributed by atoms with Gasteiger partial charge < -0.3 is 10.3 Å². The van der Waals surface area contributed by atoms with E-state index in [0.29, 0.717) is 5.76 Å². The molecule has 2 aromatic rings. The molecule has 1 heterocycles. The van der Waals surface area contributed by atoms with Gasteiger partial charge in [0.1, 0.15) is 5.69 Å². The Morgan fingerprint density at radius 3 is 2.89 bits per heavy atom. The van der Waals surface area contributed by atoms with Gasteiger partial charge in [0.05, 0.1) is 6.04 Å². The van der Waals surface area contributed by atoms with E-state index in [-0.39, 0.29) is 17.3 Å². The zero-order valence-corrected chi connectivity index (χ0v) is 9.99. The molecule has 3 nitrogen and oxygen atoms in total. The van der Waals surface area contributed by atoms with E-state index in [0.717, 1.165) is 18.9 Å². The number of rotatable bonds is 4. The molecule has 0 saturated heterocycles. The Labute approximate surface area is 104 Å². The van der Waals surface area contributed by atoms with Gasteiger partial charge in [0, 0.05) is 11.6 Å². The molecule has 5 heteroatoms. The van der Waals surface area contributed by atoms with E-state index in [2.05, 4.69) is 5.16 Å². The molecule has 0 bridgehead atoms. The first kappa shape index (κ1) is 12.7. The van der Waals surface area contributed by atoms with Crippen LogP contribution in [0.5, 0.6) is 0 Å². The lowest BCUT2D eigenvalue weighted by atomic mass is 10.1. The molecular weight excluding hydrogens is 238 g/mol. The minimum Gasteiger partial charge on any atom is -0.359 e. The highest BCUT2D eigenvalue weighted by Gasteiger charge is 2.16. The zero-order valence-electron chi connectivity index (χ0n) is 9.99. The first-order valence-electron chi connectivity index (χ1n) is 5.80. The highest BCUT2D eigenvalue weighted by Crippen LogP contribution is 2.26. The Morgan fingerprint density at radius 2 is 2.17 bits per heavy atom. The molecule has 2 rings (SSSR count). The zero-order chi connectivity index (χ0) is 13.1. The van der Waals surface area contributed by atoms with Crippen molar-refractivity contribution < 1.29 is 13.3 Å². The van der Waals surface area contributed by atoms with Crippen molar-refractivity contribution in [1.82, 2.24) is 5.16 Å². The third-order valence-electron chi connectivity index (χ3n) is 2.72. The van der Waals surface area contributed by atoms with Crippen molar-refractivity contribution in [3.63, 3.8) is 0 Å². The molecule has 1 aromatic heterocycles. The minimum atomic E-state index is -0.929. The van der Waals surface area contributed by atoms with Gasteiger partial charge >= 0.3 is 0 Å². The van der Waals surface area contributed by atoms with Crippen LogP contribution >= 0.6 is 0 Å². The topological polar surface area (TPSA) is 52.0 Å². The van der Waals surface area contributed by atoms with Gasteiger partial charge in [-0.3, -0.25) is 0 Å². The van der Waals surface area contributed by atoms with Gasteiger partial charge in [0.15, 0.2) is 17.4 Å². The van der Waals surface area contributed by atoms with Crippen LogP contribution in [0, 0.1) is 11.6 Å². The van der Waals surface area contributed by atoms with E-state index < -0.39 is 11.6 Å². The van der Waals surface area contributed by atoms with Crippen LogP contribution in [0.2, 0.25) is 0 Å². The molecule has 0 aliphatic carbocycles. The lowest BCUT2D eigenvalue weighted by Crippen LogP contribution is -2.08. The van der Waals surface area contributed by atoms with Crippen LogP contribution in [0.4, 0.5) is 8.78 Å². The monoisotopic (exact) mass is 252 g/mol. The normalized spacial score (nSPS) is 12.7. The first-order valence-corrected chi connectivity index (χ1v) is 5.80. The quantitative estimate of drug-likeness (QED) is 0.907. The van der Waals surface area contributed by atoms with Gasteiger partial charge in [-0.05, 0) is 18.6 Å². The number of nitrogens with zero attached hydrogens (tertiary/aromatic N) is 1. The van der Waals surface area contributed by atoms with Crippen LogP contribution in [0.15, 0.2) is 28.8 Å². The second-order valence-electron chi connectivity index (χ2n) is 4.11. The number of aromatic nitrogens is 1. The van der Waals surface area contributed by atoms with Gasteiger partial charge in [0.2, 0.25) is 0 Å². The number of nitrogens with two attached hydrogens (primary N) is 1. The van der Waals surface area contributed by atoms with Gasteiger partial charge in [0.25, 0.3) is 0 Å². The third kappa shape index (κ3) is 2.41. The van der Waals surface area contributed by atoms with Gasteiger partial charge in [-0.1, -0.05) is 24.6 Å². The fourth-order valence-corrected chi connectivity index (χ4v) is 1.75. The molecule has 0 amide bonds. The predicted octanol–water partition coefficient (Wildman–Crippen LogP) is 3.42. The van der Waals surface area contributed by atoms with E-state index in [1.54, 1.807) is 6.07 Å². The summed E-state index contributed by atoms with van der Waals surface area (Å²) in [6, 6.07) is 5.22. The molecule has 0 radical (unpaired) electrons. The van der Waals surface area contributed by atoms with Crippen LogP contribution in [-0.2, 0) is 0 Å². The van der Waals surface area contributed by atoms with Crippen molar-refractivity contribution in [2.45, 2.75) is 25.8 Å². The van der Waals surface area contributed by atoms with Crippen molar-refractivity contribution in [1.29, 1.82) is 0 Å². The van der Waals surface area contributed by atoms with Crippen molar-refractivity contribution >= 4 is 0 Å². The summed E-state index contributed by atoms with van der Waals surface area (Å²) in [5, 5.41) is 3.73. The third-order valence-corrected chi connectivity index (χ3v) is 2.72. The van der Waals surface area contributed by atoms with Crippen molar-refractivity contribution in [2.24, 2.45) is 5.73 Å². The molecule has 1 aromatic carbocycles. The molecular formula is C13H14F2N2O. The molecule has 96 valence electrons. The maximum absolute atomic E-state index is 13.6. The van der Waals surface area contributed by atoms with Crippen LogP contribution in [0.25, 0.3) is 11.3 Å². The standard InChI is InChI=1S/C13H14F2N2O/c1-2-4-10(16)12-7-11(17-18-12)8-5-3-6-9(14)13(8)15/h3,5-7,10H,2,4,16H2,1H3. The Bertz CT molecular complexity index is 540. The lowest BCUT2D eigenvalue weighted by molar-refractivity contribution is 0.356. The Kier molecular flexibility index (Phi) is 3.72. The van der Waals surface area contributed by atoms with E-state index in [4.69, 9.17) is 10.3 Å². The summed E-state index contributed by atoms with van der Waals surface area (Å²) in [4.78, 5) is 0. The number of hydrogen-bond acceptors (Lipinski definition) is 3. The maximum atomic E-state index is 13.6. The summed E-state index contributed by atoms with van der Waals surface area (Å²) in [6.45, 7) is 2.00. The van der Waals surface area contributed by atoms with Crippen molar-refractivity contribution in [3.05, 3.63) is 41.7 Å². The summed E-state index contributed by atoms with van der Waals surface area (Å²) in [6.07, 6.45) is 1.66. The smallest absolute Gasteiger partial charge is 0.168 e. The summed E-state index contributed by atoms with van der Waals surface area (Å²) in [5.41, 5.74) is 6.20. The summed E-state index contributed by atoms with van der Waals surface area (Å²) >= 11 is 0. The van der Waals surface area contributed by atoms with Gasteiger partial charge in [-0.25, -0.2) is 8.78 Å². The average molecular weight is 252 g/mol. The average Bonchev–Trinajstić information content (AvgIpc) is 2.82. The SMILES string of the molecule is CCCC(N)c1cc(-c2cccc(F)c2F)no1. The molecule has 18 heavy (non-hydrogen) atoms. The molecule has 0 saturated carbocycles. The first-order chi connectivity index (χ1) is 8.63. The number of hydrogen-bond donors (Lipinski definition) is 1. The Hall–Kier alpha value is -1.75. The molecule has 0 aliphatic rings. The highest BCUT2D eigenvalue weighted by atomic mass is 19.2. The minimum absolute atomic E-state index is 0.0775. The Morgan fingerprint density at radius 1 is 1.39 bits per heavy atom. The van der Waals surface area contributed by atoms with E-state index in [1.165, 1.54) is 12.1 Å². The molecule has 1 unspecified atom stereocenters. The van der Waals surface area contributed by atoms with Crippen LogP contribution < -0.4 is 5.73 Å². The van der Waals surface area contributed by atoms with Crippen LogP contribution in [-0.4, -0.2) is 5.16 Å². The van der Waals surface area contributed by atoms with Crippen LogP contribution in [0.3, 0.4) is 0 Å². The summed E-state index contributed by atoms with van der Waals surface area (Å²) in [7, 11) is 0. The molecule has 0 spiro atoms. The van der Waals surface area contributed by atoms with E-state index in [1.807, 2.05) is 6.92 Å². The van der Waals surface area contributed by atoms with Crippen molar-refractivity contribution in [2.75, 3.05) is 0 Å². The summed E-state index contributed by atoms with van der Waals surface area (Å²) < 4.78 is 31.7.